The summed E-state index contributed by atoms with van der Waals surface area (Å²) in [6, 6.07) is 20.2. The van der Waals surface area contributed by atoms with Gasteiger partial charge >= 0.3 is 0 Å². The van der Waals surface area contributed by atoms with Crippen molar-refractivity contribution in [2.45, 2.75) is 18.3 Å². The van der Waals surface area contributed by atoms with Crippen LogP contribution >= 0.6 is 11.6 Å². The van der Waals surface area contributed by atoms with Gasteiger partial charge in [0.2, 0.25) is 11.4 Å². The van der Waals surface area contributed by atoms with Crippen LogP contribution in [-0.4, -0.2) is 24.6 Å². The predicted molar refractivity (Wildman–Crippen MR) is 119 cm³/mol. The van der Waals surface area contributed by atoms with Gasteiger partial charge in [0.15, 0.2) is 0 Å². The van der Waals surface area contributed by atoms with E-state index >= 15 is 0 Å². The number of halogens is 2. The molecule has 0 bridgehead atoms. The van der Waals surface area contributed by atoms with E-state index in [2.05, 4.69) is 0 Å². The van der Waals surface area contributed by atoms with Crippen LogP contribution in [0, 0.1) is 5.82 Å². The number of hydrogen-bond donors (Lipinski definition) is 0. The maximum atomic E-state index is 14.2. The minimum atomic E-state index is -1.69. The zero-order valence-corrected chi connectivity index (χ0v) is 18.1. The van der Waals surface area contributed by atoms with Crippen molar-refractivity contribution < 1.29 is 23.4 Å². The fourth-order valence-corrected chi connectivity index (χ4v) is 4.68. The van der Waals surface area contributed by atoms with Gasteiger partial charge in [-0.3, -0.25) is 4.79 Å². The van der Waals surface area contributed by atoms with Gasteiger partial charge in [-0.05, 0) is 36.8 Å². The molecule has 3 aromatic rings. The summed E-state index contributed by atoms with van der Waals surface area (Å²) in [6.45, 7) is 2.22. The second-order valence-electron chi connectivity index (χ2n) is 7.60. The molecule has 6 heteroatoms. The standard InChI is InChI=1S/C26H20ClFO4/c1-2-30-26(18-8-10-19(27)11-9-18)25(22(14-15-31-25)17-6-4-3-5-7-17)24(29)21-13-12-20(28)16-23(21)32-26/h3-14,16H,2,15H2,1H3/t25-,26+/m1/s1. The molecule has 4 nitrogen and oxygen atoms in total. The van der Waals surface area contributed by atoms with Crippen LogP contribution in [0.2, 0.25) is 5.02 Å². The van der Waals surface area contributed by atoms with Gasteiger partial charge in [0.1, 0.15) is 11.6 Å². The van der Waals surface area contributed by atoms with E-state index in [1.54, 1.807) is 31.2 Å². The second kappa shape index (κ2) is 7.85. The maximum absolute atomic E-state index is 14.2. The Morgan fingerprint density at radius 1 is 1.06 bits per heavy atom. The quantitative estimate of drug-likeness (QED) is 0.504. The number of ketones is 1. The third kappa shape index (κ3) is 2.93. The van der Waals surface area contributed by atoms with E-state index in [1.165, 1.54) is 18.2 Å². The lowest BCUT2D eigenvalue weighted by Crippen LogP contribution is -2.64. The van der Waals surface area contributed by atoms with Gasteiger partial charge in [-0.15, -0.1) is 0 Å². The molecule has 0 unspecified atom stereocenters. The topological polar surface area (TPSA) is 44.8 Å². The summed E-state index contributed by atoms with van der Waals surface area (Å²) in [6.07, 6.45) is 1.87. The first-order chi connectivity index (χ1) is 15.5. The van der Waals surface area contributed by atoms with Crippen molar-refractivity contribution in [1.82, 2.24) is 0 Å². The number of ether oxygens (including phenoxy) is 3. The SMILES string of the molecule is CCO[C@@]1(c2ccc(Cl)cc2)Oc2cc(F)ccc2C(=O)[C@@]12OCC=C2c1ccccc1. The van der Waals surface area contributed by atoms with Crippen LogP contribution in [0.4, 0.5) is 4.39 Å². The molecule has 0 N–H and O–H groups in total. The van der Waals surface area contributed by atoms with Gasteiger partial charge in [-0.2, -0.15) is 0 Å². The lowest BCUT2D eigenvalue weighted by Gasteiger charge is -2.50. The average molecular weight is 451 g/mol. The van der Waals surface area contributed by atoms with E-state index < -0.39 is 17.2 Å². The molecule has 2 aliphatic heterocycles. The molecule has 2 aliphatic rings. The lowest BCUT2D eigenvalue weighted by molar-refractivity contribution is -0.265. The Hall–Kier alpha value is -2.99. The highest BCUT2D eigenvalue weighted by molar-refractivity contribution is 6.30. The highest BCUT2D eigenvalue weighted by atomic mass is 35.5. The molecule has 0 amide bonds. The number of carbonyl (C=O) groups is 1. The fraction of sp³-hybridized carbons (Fsp3) is 0.192. The molecule has 0 saturated carbocycles. The molecular weight excluding hydrogens is 431 g/mol. The Morgan fingerprint density at radius 3 is 2.53 bits per heavy atom. The van der Waals surface area contributed by atoms with Gasteiger partial charge in [-0.1, -0.05) is 60.1 Å². The highest BCUT2D eigenvalue weighted by Crippen LogP contribution is 2.56. The number of carbonyl (C=O) groups excluding carboxylic acids is 1. The fourth-order valence-electron chi connectivity index (χ4n) is 4.55. The zero-order valence-electron chi connectivity index (χ0n) is 17.3. The number of benzene rings is 3. The van der Waals surface area contributed by atoms with E-state index in [1.807, 2.05) is 36.4 Å². The highest BCUT2D eigenvalue weighted by Gasteiger charge is 2.68. The van der Waals surface area contributed by atoms with Crippen LogP contribution in [0.25, 0.3) is 5.57 Å². The monoisotopic (exact) mass is 450 g/mol. The van der Waals surface area contributed by atoms with Crippen molar-refractivity contribution in [1.29, 1.82) is 0 Å². The largest absolute Gasteiger partial charge is 0.453 e. The molecular formula is C26H20ClFO4. The van der Waals surface area contributed by atoms with Crippen molar-refractivity contribution in [2.24, 2.45) is 0 Å². The van der Waals surface area contributed by atoms with Gasteiger partial charge in [-0.25, -0.2) is 4.39 Å². The molecule has 0 aromatic heterocycles. The summed E-state index contributed by atoms with van der Waals surface area (Å²) >= 11 is 6.14. The van der Waals surface area contributed by atoms with Gasteiger partial charge in [0.25, 0.3) is 5.79 Å². The van der Waals surface area contributed by atoms with Crippen molar-refractivity contribution in [2.75, 3.05) is 13.2 Å². The summed E-state index contributed by atoms with van der Waals surface area (Å²) < 4.78 is 33.1. The van der Waals surface area contributed by atoms with Gasteiger partial charge in [0, 0.05) is 28.8 Å². The van der Waals surface area contributed by atoms with Crippen molar-refractivity contribution in [3.05, 3.63) is 106 Å². The Labute approximate surface area is 190 Å². The first kappa shape index (κ1) is 20.9. The zero-order chi connectivity index (χ0) is 22.3. The number of fused-ring (bicyclic) bond motifs is 1. The minimum Gasteiger partial charge on any atom is -0.453 e. The number of Topliss-reactive ketones (excluding diaryl/α,β-unsaturated/α-hetero) is 1. The molecule has 162 valence electrons. The molecule has 3 aromatic carbocycles. The smallest absolute Gasteiger partial charge is 0.278 e. The first-order valence-corrected chi connectivity index (χ1v) is 10.7. The third-order valence-electron chi connectivity index (χ3n) is 5.85. The summed E-state index contributed by atoms with van der Waals surface area (Å²) in [5.41, 5.74) is 0.588. The van der Waals surface area contributed by atoms with Crippen LogP contribution in [0.15, 0.2) is 78.9 Å². The number of hydrogen-bond acceptors (Lipinski definition) is 4. The summed E-state index contributed by atoms with van der Waals surface area (Å²) in [4.78, 5) is 14.2. The van der Waals surface area contributed by atoms with E-state index in [-0.39, 0.29) is 30.3 Å². The van der Waals surface area contributed by atoms with Crippen LogP contribution in [0.5, 0.6) is 5.75 Å². The molecule has 5 rings (SSSR count). The normalized spacial score (nSPS) is 24.2. The van der Waals surface area contributed by atoms with Crippen molar-refractivity contribution in [3.8, 4) is 5.75 Å². The Morgan fingerprint density at radius 2 is 1.81 bits per heavy atom. The van der Waals surface area contributed by atoms with Crippen LogP contribution in [-0.2, 0) is 15.3 Å². The molecule has 0 aliphatic carbocycles. The van der Waals surface area contributed by atoms with Gasteiger partial charge < -0.3 is 14.2 Å². The first-order valence-electron chi connectivity index (χ1n) is 10.4. The summed E-state index contributed by atoms with van der Waals surface area (Å²) in [7, 11) is 0. The van der Waals surface area contributed by atoms with Crippen molar-refractivity contribution >= 4 is 23.0 Å². The van der Waals surface area contributed by atoms with Crippen molar-refractivity contribution in [3.63, 3.8) is 0 Å². The molecule has 0 saturated heterocycles. The molecule has 1 spiro atoms. The molecule has 2 atom stereocenters. The van der Waals surface area contributed by atoms with Gasteiger partial charge in [0.05, 0.1) is 12.2 Å². The van der Waals surface area contributed by atoms with E-state index in [0.717, 1.165) is 5.56 Å². The molecule has 0 radical (unpaired) electrons. The Balaban J connectivity index is 1.83. The van der Waals surface area contributed by atoms with E-state index in [4.69, 9.17) is 25.8 Å². The molecule has 0 fully saturated rings. The van der Waals surface area contributed by atoms with Crippen LogP contribution < -0.4 is 4.74 Å². The lowest BCUT2D eigenvalue weighted by atomic mass is 9.72. The Kier molecular flexibility index (Phi) is 5.13. The second-order valence-corrected chi connectivity index (χ2v) is 8.04. The molecule has 32 heavy (non-hydrogen) atoms. The maximum Gasteiger partial charge on any atom is 0.278 e. The van der Waals surface area contributed by atoms with E-state index in [0.29, 0.717) is 16.2 Å². The summed E-state index contributed by atoms with van der Waals surface area (Å²) in [5.74, 6) is -2.45. The third-order valence-corrected chi connectivity index (χ3v) is 6.10. The number of rotatable bonds is 4. The Bertz CT molecular complexity index is 1210. The van der Waals surface area contributed by atoms with Crippen LogP contribution in [0.3, 0.4) is 0 Å². The molecule has 2 heterocycles. The average Bonchev–Trinajstić information content (AvgIpc) is 3.25. The van der Waals surface area contributed by atoms with Crippen LogP contribution in [0.1, 0.15) is 28.4 Å². The predicted octanol–water partition coefficient (Wildman–Crippen LogP) is 5.80. The summed E-state index contributed by atoms with van der Waals surface area (Å²) in [5, 5.41) is 0.522. The minimum absolute atomic E-state index is 0.104. The van der Waals surface area contributed by atoms with E-state index in [9.17, 15) is 9.18 Å².